The van der Waals surface area contributed by atoms with Crippen LogP contribution in [0.1, 0.15) is 7.43 Å². The Hall–Kier alpha value is 0.314. The van der Waals surface area contributed by atoms with Gasteiger partial charge in [0.1, 0.15) is 0 Å². The van der Waals surface area contributed by atoms with Crippen LogP contribution in [0.2, 0.25) is 0 Å². The van der Waals surface area contributed by atoms with Crippen molar-refractivity contribution in [3.63, 3.8) is 0 Å². The predicted molar refractivity (Wildman–Crippen MR) is 8.10 cm³/mol. The summed E-state index contributed by atoms with van der Waals surface area (Å²) >= 11 is -2.00. The molecular formula is CH4O2Ti. The first-order chi connectivity index (χ1) is 1.41. The summed E-state index contributed by atoms with van der Waals surface area (Å²) in [5.41, 5.74) is 0. The minimum atomic E-state index is -2.00. The summed E-state index contributed by atoms with van der Waals surface area (Å²) in [6, 6.07) is 0. The zero-order valence-corrected chi connectivity index (χ0v) is 2.88. The molecule has 4 heavy (non-hydrogen) atoms. The van der Waals surface area contributed by atoms with Crippen molar-refractivity contribution in [3.8, 4) is 0 Å². The monoisotopic (exact) mass is 96.0 g/mol. The van der Waals surface area contributed by atoms with Gasteiger partial charge < -0.3 is 0 Å². The van der Waals surface area contributed by atoms with Gasteiger partial charge in [-0.15, -0.1) is 0 Å². The van der Waals surface area contributed by atoms with Crippen LogP contribution in [-0.4, -0.2) is 0 Å². The second-order valence-corrected chi connectivity index (χ2v) is 0.344. The van der Waals surface area contributed by atoms with Crippen LogP contribution in [0, 0.1) is 0 Å². The fourth-order valence-electron chi connectivity index (χ4n) is 0. The third-order valence-corrected chi connectivity index (χ3v) is 0. The normalized spacial score (nSPS) is 2.00. The van der Waals surface area contributed by atoms with E-state index in [0.29, 0.717) is 0 Å². The van der Waals surface area contributed by atoms with Gasteiger partial charge >= 0.3 is 25.7 Å². The molecule has 0 aliphatic carbocycles. The maximum absolute atomic E-state index is 8.50. The van der Waals surface area contributed by atoms with Crippen molar-refractivity contribution in [2.75, 3.05) is 0 Å². The Morgan fingerprint density at radius 1 is 1.25 bits per heavy atom. The molecule has 0 fully saturated rings. The fraction of sp³-hybridized carbons (Fsp3) is 1.00. The second kappa shape index (κ2) is 10.3. The van der Waals surface area contributed by atoms with Crippen molar-refractivity contribution in [2.45, 2.75) is 7.43 Å². The molecule has 2 nitrogen and oxygen atoms in total. The summed E-state index contributed by atoms with van der Waals surface area (Å²) in [4.78, 5) is 0. The molecule has 0 unspecified atom stereocenters. The average Bonchev–Trinajstić information content (AvgIpc) is 0.918. The van der Waals surface area contributed by atoms with E-state index < -0.39 is 19.1 Å². The standard InChI is InChI=1S/CH4.2O.Ti/h1H4;;;. The molecule has 0 saturated heterocycles. The van der Waals surface area contributed by atoms with Crippen LogP contribution in [0.3, 0.4) is 0 Å². The van der Waals surface area contributed by atoms with E-state index in [4.69, 9.17) is 6.65 Å². The molecule has 0 atom stereocenters. The van der Waals surface area contributed by atoms with Gasteiger partial charge in [-0.1, -0.05) is 7.43 Å². The van der Waals surface area contributed by atoms with Gasteiger partial charge in [0.25, 0.3) is 0 Å². The van der Waals surface area contributed by atoms with Crippen molar-refractivity contribution in [3.05, 3.63) is 0 Å². The van der Waals surface area contributed by atoms with Crippen LogP contribution in [0.5, 0.6) is 0 Å². The molecule has 0 aromatic rings. The Balaban J connectivity index is 0. The molecule has 0 aromatic heterocycles. The molecule has 0 radical (unpaired) electrons. The van der Waals surface area contributed by atoms with Gasteiger partial charge in [-0.2, -0.15) is 0 Å². The molecule has 0 saturated carbocycles. The number of hydrogen-bond donors (Lipinski definition) is 0. The Kier molecular flexibility index (Phi) is 22.7. The summed E-state index contributed by atoms with van der Waals surface area (Å²) in [5, 5.41) is 0. The van der Waals surface area contributed by atoms with Crippen molar-refractivity contribution in [2.24, 2.45) is 0 Å². The van der Waals surface area contributed by atoms with Crippen LogP contribution in [-0.2, 0) is 25.7 Å². The molecule has 0 heterocycles. The quantitative estimate of drug-likeness (QED) is 0.409. The zero-order chi connectivity index (χ0) is 2.71. The van der Waals surface area contributed by atoms with E-state index in [2.05, 4.69) is 0 Å². The van der Waals surface area contributed by atoms with E-state index in [1.807, 2.05) is 0 Å². The van der Waals surface area contributed by atoms with E-state index in [1.54, 1.807) is 0 Å². The molecular weight excluding hydrogens is 91.9 g/mol. The van der Waals surface area contributed by atoms with Crippen LogP contribution >= 0.6 is 0 Å². The molecule has 0 bridgehead atoms. The average molecular weight is 95.9 g/mol. The third kappa shape index (κ3) is 40.5. The Morgan fingerprint density at radius 2 is 1.25 bits per heavy atom. The van der Waals surface area contributed by atoms with E-state index in [0.717, 1.165) is 0 Å². The van der Waals surface area contributed by atoms with Gasteiger partial charge in [0.15, 0.2) is 0 Å². The Bertz CT molecular complexity index is 27.0. The van der Waals surface area contributed by atoms with Gasteiger partial charge in [0.2, 0.25) is 0 Å². The molecule has 0 aromatic carbocycles. The summed E-state index contributed by atoms with van der Waals surface area (Å²) in [5.74, 6) is 0. The van der Waals surface area contributed by atoms with Crippen molar-refractivity contribution < 1.29 is 25.7 Å². The summed E-state index contributed by atoms with van der Waals surface area (Å²) < 4.78 is 17.0. The van der Waals surface area contributed by atoms with Crippen molar-refractivity contribution in [1.82, 2.24) is 0 Å². The van der Waals surface area contributed by atoms with Crippen LogP contribution < -0.4 is 0 Å². The second-order valence-electron chi connectivity index (χ2n) is 0.0833. The van der Waals surface area contributed by atoms with E-state index in [-0.39, 0.29) is 7.43 Å². The van der Waals surface area contributed by atoms with Gasteiger partial charge in [0.05, 0.1) is 0 Å². The summed E-state index contributed by atoms with van der Waals surface area (Å²) in [6.07, 6.45) is 0. The molecule has 0 amide bonds. The molecule has 24 valence electrons. The molecule has 0 aliphatic heterocycles. The minimum absolute atomic E-state index is 0. The first kappa shape index (κ1) is 8.85. The molecule has 0 rings (SSSR count). The third-order valence-electron chi connectivity index (χ3n) is 0. The van der Waals surface area contributed by atoms with Gasteiger partial charge in [-0.05, 0) is 0 Å². The van der Waals surface area contributed by atoms with Crippen LogP contribution in [0.25, 0.3) is 0 Å². The first-order valence-corrected chi connectivity index (χ1v) is 1.68. The van der Waals surface area contributed by atoms with Gasteiger partial charge in [0, 0.05) is 0 Å². The van der Waals surface area contributed by atoms with E-state index >= 15 is 0 Å². The fourth-order valence-corrected chi connectivity index (χ4v) is 0. The summed E-state index contributed by atoms with van der Waals surface area (Å²) in [6.45, 7) is 0. The Morgan fingerprint density at radius 3 is 1.25 bits per heavy atom. The van der Waals surface area contributed by atoms with Crippen LogP contribution in [0.4, 0.5) is 0 Å². The van der Waals surface area contributed by atoms with E-state index in [1.165, 1.54) is 0 Å². The number of rotatable bonds is 0. The zero-order valence-electron chi connectivity index (χ0n) is 1.32. The van der Waals surface area contributed by atoms with Crippen molar-refractivity contribution >= 4 is 0 Å². The first-order valence-electron chi connectivity index (χ1n) is 0.408. The SMILES string of the molecule is C.[O]=[Ti]=[O]. The maximum atomic E-state index is 8.50. The molecule has 0 aliphatic rings. The topological polar surface area (TPSA) is 34.1 Å². The Labute approximate surface area is 33.8 Å². The molecule has 0 N–H and O–H groups in total. The number of hydrogen-bond acceptors (Lipinski definition) is 2. The van der Waals surface area contributed by atoms with Gasteiger partial charge in [-0.3, -0.25) is 0 Å². The van der Waals surface area contributed by atoms with Crippen LogP contribution in [0.15, 0.2) is 0 Å². The van der Waals surface area contributed by atoms with E-state index in [9.17, 15) is 0 Å². The van der Waals surface area contributed by atoms with Crippen molar-refractivity contribution in [1.29, 1.82) is 0 Å². The summed E-state index contributed by atoms with van der Waals surface area (Å²) in [7, 11) is 0. The molecule has 3 heteroatoms. The molecule has 0 spiro atoms. The van der Waals surface area contributed by atoms with Gasteiger partial charge in [-0.25, -0.2) is 0 Å². The predicted octanol–water partition coefficient (Wildman–Crippen LogP) is 0.396.